The molecule has 1 amide bonds. The lowest BCUT2D eigenvalue weighted by molar-refractivity contribution is -0.161. The molecule has 9 heteroatoms. The van der Waals surface area contributed by atoms with Crippen LogP contribution in [0.2, 0.25) is 0 Å². The maximum atomic E-state index is 12.9. The maximum Gasteiger partial charge on any atom is 0.314 e. The van der Waals surface area contributed by atoms with Gasteiger partial charge in [-0.15, -0.1) is 5.10 Å². The quantitative estimate of drug-likeness (QED) is 0.656. The summed E-state index contributed by atoms with van der Waals surface area (Å²) in [7, 11) is 1.61. The van der Waals surface area contributed by atoms with Crippen molar-refractivity contribution in [2.45, 2.75) is 32.7 Å². The lowest BCUT2D eigenvalue weighted by Gasteiger charge is -2.41. The zero-order chi connectivity index (χ0) is 20.0. The third kappa shape index (κ3) is 4.47. The average Bonchev–Trinajstić information content (AvgIpc) is 3.21. The molecule has 1 aliphatic rings. The molecule has 0 saturated carbocycles. The number of hydrogen-bond donors (Lipinski definition) is 0. The maximum absolute atomic E-state index is 12.9. The van der Waals surface area contributed by atoms with Crippen LogP contribution >= 0.6 is 0 Å². The summed E-state index contributed by atoms with van der Waals surface area (Å²) >= 11 is 0. The van der Waals surface area contributed by atoms with Gasteiger partial charge in [0.25, 0.3) is 0 Å². The van der Waals surface area contributed by atoms with Gasteiger partial charge in [-0.05, 0) is 54.3 Å². The number of esters is 1. The number of likely N-dealkylation sites (tertiary alicyclic amines) is 1. The second-order valence-electron chi connectivity index (χ2n) is 6.96. The van der Waals surface area contributed by atoms with E-state index >= 15 is 0 Å². The molecule has 0 unspecified atom stereocenters. The van der Waals surface area contributed by atoms with Crippen LogP contribution in [0.4, 0.5) is 0 Å². The van der Waals surface area contributed by atoms with Gasteiger partial charge >= 0.3 is 5.97 Å². The van der Waals surface area contributed by atoms with Crippen LogP contribution in [0.5, 0.6) is 5.75 Å². The molecule has 9 nitrogen and oxygen atoms in total. The molecular weight excluding hydrogens is 362 g/mol. The molecule has 150 valence electrons. The van der Waals surface area contributed by atoms with Crippen LogP contribution < -0.4 is 4.74 Å². The predicted molar refractivity (Wildman–Crippen MR) is 99.4 cm³/mol. The number of benzene rings is 1. The SMILES string of the molecule is CCOC(=O)[C@@]1(Cc2cccc(OC)c2)CCCN(C(=O)Cn2cnnn2)C1. The number of nitrogens with zero attached hydrogens (tertiary/aromatic N) is 5. The molecule has 2 aromatic rings. The minimum atomic E-state index is -0.781. The highest BCUT2D eigenvalue weighted by Crippen LogP contribution is 2.36. The van der Waals surface area contributed by atoms with Gasteiger partial charge in [-0.25, -0.2) is 4.68 Å². The topological polar surface area (TPSA) is 99.4 Å². The molecule has 0 spiro atoms. The minimum Gasteiger partial charge on any atom is -0.497 e. The van der Waals surface area contributed by atoms with Gasteiger partial charge in [0.2, 0.25) is 5.91 Å². The van der Waals surface area contributed by atoms with Crippen molar-refractivity contribution in [2.75, 3.05) is 26.8 Å². The smallest absolute Gasteiger partial charge is 0.314 e. The van der Waals surface area contributed by atoms with E-state index in [0.29, 0.717) is 32.5 Å². The highest BCUT2D eigenvalue weighted by Gasteiger charge is 2.44. The molecule has 1 atom stereocenters. The van der Waals surface area contributed by atoms with E-state index in [2.05, 4.69) is 15.5 Å². The van der Waals surface area contributed by atoms with Crippen LogP contribution in [0.1, 0.15) is 25.3 Å². The van der Waals surface area contributed by atoms with E-state index < -0.39 is 5.41 Å². The van der Waals surface area contributed by atoms with Crippen molar-refractivity contribution >= 4 is 11.9 Å². The van der Waals surface area contributed by atoms with E-state index in [4.69, 9.17) is 9.47 Å². The van der Waals surface area contributed by atoms with Crippen LogP contribution in [-0.4, -0.2) is 63.8 Å². The molecule has 1 aromatic heterocycles. The number of methoxy groups -OCH3 is 1. The van der Waals surface area contributed by atoms with Crippen molar-refractivity contribution in [1.29, 1.82) is 0 Å². The first kappa shape index (κ1) is 19.8. The Balaban J connectivity index is 1.81. The first-order valence-corrected chi connectivity index (χ1v) is 9.35. The van der Waals surface area contributed by atoms with Crippen molar-refractivity contribution in [3.8, 4) is 5.75 Å². The second kappa shape index (κ2) is 8.81. The molecule has 0 aliphatic carbocycles. The molecule has 1 saturated heterocycles. The largest absolute Gasteiger partial charge is 0.497 e. The summed E-state index contributed by atoms with van der Waals surface area (Å²) in [4.78, 5) is 27.4. The molecule has 2 heterocycles. The number of amides is 1. The number of rotatable bonds is 7. The molecule has 28 heavy (non-hydrogen) atoms. The lowest BCUT2D eigenvalue weighted by Crippen LogP contribution is -2.52. The van der Waals surface area contributed by atoms with Crippen LogP contribution in [0.3, 0.4) is 0 Å². The molecule has 0 N–H and O–H groups in total. The zero-order valence-electron chi connectivity index (χ0n) is 16.2. The van der Waals surface area contributed by atoms with Gasteiger partial charge in [-0.2, -0.15) is 0 Å². The van der Waals surface area contributed by atoms with Crippen molar-refractivity contribution in [2.24, 2.45) is 5.41 Å². The Morgan fingerprint density at radius 3 is 2.89 bits per heavy atom. The Kier molecular flexibility index (Phi) is 6.23. The van der Waals surface area contributed by atoms with E-state index in [0.717, 1.165) is 17.7 Å². The fraction of sp³-hybridized carbons (Fsp3) is 0.526. The summed E-state index contributed by atoms with van der Waals surface area (Å²) in [5.74, 6) is 0.350. The van der Waals surface area contributed by atoms with E-state index in [1.165, 1.54) is 11.0 Å². The fourth-order valence-electron chi connectivity index (χ4n) is 3.68. The van der Waals surface area contributed by atoms with Gasteiger partial charge < -0.3 is 14.4 Å². The lowest BCUT2D eigenvalue weighted by atomic mass is 9.75. The van der Waals surface area contributed by atoms with E-state index in [9.17, 15) is 9.59 Å². The van der Waals surface area contributed by atoms with Crippen molar-refractivity contribution in [1.82, 2.24) is 25.1 Å². The molecule has 3 rings (SSSR count). The van der Waals surface area contributed by atoms with Crippen molar-refractivity contribution in [3.05, 3.63) is 36.2 Å². The number of aromatic nitrogens is 4. The summed E-state index contributed by atoms with van der Waals surface area (Å²) in [6, 6.07) is 7.65. The van der Waals surface area contributed by atoms with Crippen molar-refractivity contribution in [3.63, 3.8) is 0 Å². The number of hydrogen-bond acceptors (Lipinski definition) is 7. The highest BCUT2D eigenvalue weighted by atomic mass is 16.5. The summed E-state index contributed by atoms with van der Waals surface area (Å²) < 4.78 is 12.1. The molecule has 0 radical (unpaired) electrons. The van der Waals surface area contributed by atoms with Gasteiger partial charge in [0.05, 0.1) is 19.1 Å². The summed E-state index contributed by atoms with van der Waals surface area (Å²) in [6.07, 6.45) is 3.27. The number of tetrazole rings is 1. The third-order valence-electron chi connectivity index (χ3n) is 5.00. The first-order chi connectivity index (χ1) is 13.6. The Morgan fingerprint density at radius 1 is 1.32 bits per heavy atom. The molecule has 1 aliphatic heterocycles. The Morgan fingerprint density at radius 2 is 2.18 bits per heavy atom. The number of carbonyl (C=O) groups is 2. The summed E-state index contributed by atoms with van der Waals surface area (Å²) in [5.41, 5.74) is 0.193. The van der Waals surface area contributed by atoms with Gasteiger partial charge in [0.15, 0.2) is 0 Å². The van der Waals surface area contributed by atoms with Gasteiger partial charge in [-0.3, -0.25) is 9.59 Å². The Bertz CT molecular complexity index is 810. The molecule has 1 fully saturated rings. The average molecular weight is 387 g/mol. The van der Waals surface area contributed by atoms with E-state index in [-0.39, 0.29) is 18.4 Å². The first-order valence-electron chi connectivity index (χ1n) is 9.35. The van der Waals surface area contributed by atoms with Crippen LogP contribution in [0, 0.1) is 5.41 Å². The van der Waals surface area contributed by atoms with Gasteiger partial charge in [0, 0.05) is 13.1 Å². The molecular formula is C19H25N5O4. The predicted octanol–water partition coefficient (Wildman–Crippen LogP) is 1.10. The Labute approximate surface area is 163 Å². The molecule has 1 aromatic carbocycles. The van der Waals surface area contributed by atoms with Gasteiger partial charge in [-0.1, -0.05) is 12.1 Å². The van der Waals surface area contributed by atoms with Crippen LogP contribution in [0.25, 0.3) is 0 Å². The van der Waals surface area contributed by atoms with E-state index in [1.54, 1.807) is 18.9 Å². The standard InChI is InChI=1S/C19H25N5O4/c1-3-28-18(26)19(11-15-6-4-7-16(10-15)27-2)8-5-9-23(13-19)17(25)12-24-14-20-21-22-24/h4,6-7,10,14H,3,5,8-9,11-13H2,1-2H3/t19-/m1/s1. The second-order valence-corrected chi connectivity index (χ2v) is 6.96. The summed E-state index contributed by atoms with van der Waals surface area (Å²) in [5, 5.41) is 10.8. The highest BCUT2D eigenvalue weighted by molar-refractivity contribution is 5.81. The number of ether oxygens (including phenoxy) is 2. The fourth-order valence-corrected chi connectivity index (χ4v) is 3.68. The Hall–Kier alpha value is -2.97. The zero-order valence-corrected chi connectivity index (χ0v) is 16.2. The van der Waals surface area contributed by atoms with Crippen LogP contribution in [0.15, 0.2) is 30.6 Å². The third-order valence-corrected chi connectivity index (χ3v) is 5.00. The monoisotopic (exact) mass is 387 g/mol. The normalized spacial score (nSPS) is 19.3. The van der Waals surface area contributed by atoms with Crippen LogP contribution in [-0.2, 0) is 27.3 Å². The minimum absolute atomic E-state index is 0.0467. The number of carbonyl (C=O) groups excluding carboxylic acids is 2. The van der Waals surface area contributed by atoms with Crippen molar-refractivity contribution < 1.29 is 19.1 Å². The number of piperidine rings is 1. The summed E-state index contributed by atoms with van der Waals surface area (Å²) in [6.45, 7) is 3.05. The van der Waals surface area contributed by atoms with E-state index in [1.807, 2.05) is 24.3 Å². The van der Waals surface area contributed by atoms with Gasteiger partial charge in [0.1, 0.15) is 18.6 Å². The molecule has 0 bridgehead atoms.